The van der Waals surface area contributed by atoms with Crippen molar-refractivity contribution >= 4 is 51.0 Å². The normalized spacial score (nSPS) is 17.8. The highest BCUT2D eigenvalue weighted by molar-refractivity contribution is 9.10. The van der Waals surface area contributed by atoms with Gasteiger partial charge in [0.15, 0.2) is 12.6 Å². The van der Waals surface area contributed by atoms with E-state index in [0.717, 1.165) is 26.7 Å². The van der Waals surface area contributed by atoms with Crippen molar-refractivity contribution in [1.82, 2.24) is 4.90 Å². The second-order valence-corrected chi connectivity index (χ2v) is 10.2. The third-order valence-electron chi connectivity index (χ3n) is 6.08. The third kappa shape index (κ3) is 4.32. The predicted octanol–water partition coefficient (Wildman–Crippen LogP) is 6.59. The summed E-state index contributed by atoms with van der Waals surface area (Å²) in [6.45, 7) is 2.12. The summed E-state index contributed by atoms with van der Waals surface area (Å²) in [5.41, 5.74) is 3.94. The fourth-order valence-electron chi connectivity index (χ4n) is 4.45. The first-order valence-corrected chi connectivity index (χ1v) is 12.4. The van der Waals surface area contributed by atoms with Gasteiger partial charge in [0.05, 0.1) is 17.7 Å². The molecule has 0 aliphatic carbocycles. The second-order valence-electron chi connectivity index (χ2n) is 8.45. The molecule has 0 radical (unpaired) electrons. The van der Waals surface area contributed by atoms with Crippen molar-refractivity contribution in [3.63, 3.8) is 0 Å². The summed E-state index contributed by atoms with van der Waals surface area (Å²) in [5.74, 6) is 1.98. The van der Waals surface area contributed by atoms with Gasteiger partial charge < -0.3 is 18.9 Å². The lowest BCUT2D eigenvalue weighted by atomic mass is 10.0. The van der Waals surface area contributed by atoms with Crippen molar-refractivity contribution in [2.75, 3.05) is 13.5 Å². The van der Waals surface area contributed by atoms with Gasteiger partial charge in [0.25, 0.3) is 0 Å². The molecule has 0 unspecified atom stereocenters. The summed E-state index contributed by atoms with van der Waals surface area (Å²) in [6.07, 6.45) is 1.72. The number of ketones is 1. The Labute approximate surface area is 220 Å². The molecule has 3 aliphatic heterocycles. The predicted molar refractivity (Wildman–Crippen MR) is 135 cm³/mol. The highest BCUT2D eigenvalue weighted by atomic mass is 79.9. The van der Waals surface area contributed by atoms with Crippen molar-refractivity contribution < 1.29 is 23.7 Å². The fourth-order valence-corrected chi connectivity index (χ4v) is 5.44. The molecule has 0 fully saturated rings. The zero-order valence-electron chi connectivity index (χ0n) is 18.3. The van der Waals surface area contributed by atoms with E-state index in [1.165, 1.54) is 0 Å². The van der Waals surface area contributed by atoms with Gasteiger partial charge in [0.2, 0.25) is 5.78 Å². The molecule has 0 spiro atoms. The summed E-state index contributed by atoms with van der Waals surface area (Å²) in [6, 6.07) is 12.9. The van der Waals surface area contributed by atoms with Crippen LogP contribution in [-0.4, -0.2) is 24.2 Å². The van der Waals surface area contributed by atoms with Gasteiger partial charge >= 0.3 is 0 Å². The topological polar surface area (TPSA) is 57.2 Å². The lowest BCUT2D eigenvalue weighted by molar-refractivity contribution is -0.0165. The first kappa shape index (κ1) is 22.9. The molecule has 0 atom stereocenters. The van der Waals surface area contributed by atoms with Gasteiger partial charge in [-0.15, -0.1) is 0 Å². The van der Waals surface area contributed by atoms with Crippen LogP contribution in [0, 0.1) is 0 Å². The molecule has 35 heavy (non-hydrogen) atoms. The van der Waals surface area contributed by atoms with Crippen molar-refractivity contribution in [3.8, 4) is 17.2 Å². The molecular weight excluding hydrogens is 557 g/mol. The second kappa shape index (κ2) is 9.15. The van der Waals surface area contributed by atoms with E-state index in [1.54, 1.807) is 18.2 Å². The molecule has 3 aromatic carbocycles. The van der Waals surface area contributed by atoms with Crippen LogP contribution < -0.4 is 14.2 Å². The summed E-state index contributed by atoms with van der Waals surface area (Å²) >= 11 is 15.9. The molecule has 3 aliphatic rings. The Balaban J connectivity index is 1.30. The zero-order chi connectivity index (χ0) is 24.1. The van der Waals surface area contributed by atoms with Crippen LogP contribution in [-0.2, 0) is 24.4 Å². The maximum atomic E-state index is 13.2. The number of hydrogen-bond acceptors (Lipinski definition) is 6. The zero-order valence-corrected chi connectivity index (χ0v) is 21.4. The van der Waals surface area contributed by atoms with E-state index in [9.17, 15) is 4.79 Å². The summed E-state index contributed by atoms with van der Waals surface area (Å²) in [7, 11) is 0. The minimum Gasteiger partial charge on any atom is -0.478 e. The van der Waals surface area contributed by atoms with Gasteiger partial charge in [-0.25, -0.2) is 0 Å². The minimum atomic E-state index is -0.179. The van der Waals surface area contributed by atoms with E-state index in [0.29, 0.717) is 59.3 Å². The quantitative estimate of drug-likeness (QED) is 0.329. The van der Waals surface area contributed by atoms with Crippen LogP contribution in [0.15, 0.2) is 52.7 Å². The van der Waals surface area contributed by atoms with Crippen molar-refractivity contribution in [3.05, 3.63) is 90.6 Å². The number of rotatable bonds is 3. The molecule has 0 amide bonds. The van der Waals surface area contributed by atoms with Crippen molar-refractivity contribution in [2.24, 2.45) is 0 Å². The highest BCUT2D eigenvalue weighted by Gasteiger charge is 2.34. The van der Waals surface area contributed by atoms with E-state index < -0.39 is 0 Å². The van der Waals surface area contributed by atoms with E-state index in [1.807, 2.05) is 30.3 Å². The lowest BCUT2D eigenvalue weighted by Gasteiger charge is -2.30. The minimum absolute atomic E-state index is 0.165. The molecule has 6 nitrogen and oxygen atoms in total. The number of fused-ring (bicyclic) bond motifs is 4. The maximum Gasteiger partial charge on any atom is 0.231 e. The number of halogens is 3. The van der Waals surface area contributed by atoms with Crippen LogP contribution in [0.2, 0.25) is 10.0 Å². The molecule has 9 heteroatoms. The Kier molecular flexibility index (Phi) is 5.98. The van der Waals surface area contributed by atoms with E-state index >= 15 is 0 Å². The first-order chi connectivity index (χ1) is 17.0. The Hall–Kier alpha value is -2.55. The number of carbonyl (C=O) groups excluding carboxylic acids is 1. The molecular formula is C26H18BrCl2NO5. The number of benzene rings is 3. The summed E-state index contributed by atoms with van der Waals surface area (Å²) in [5, 5.41) is 1.19. The Morgan fingerprint density at radius 3 is 2.80 bits per heavy atom. The van der Waals surface area contributed by atoms with Crippen molar-refractivity contribution in [1.29, 1.82) is 0 Å². The number of allylic oxidation sites excluding steroid dienone is 1. The molecule has 6 rings (SSSR count). The smallest absolute Gasteiger partial charge is 0.231 e. The van der Waals surface area contributed by atoms with Gasteiger partial charge in [-0.05, 0) is 48.0 Å². The molecule has 0 saturated carbocycles. The van der Waals surface area contributed by atoms with Gasteiger partial charge in [0, 0.05) is 38.7 Å². The summed E-state index contributed by atoms with van der Waals surface area (Å²) in [4.78, 5) is 15.3. The van der Waals surface area contributed by atoms with Gasteiger partial charge in [0.1, 0.15) is 24.0 Å². The molecule has 3 heterocycles. The number of ether oxygens (including phenoxy) is 4. The number of nitrogens with zero attached hydrogens (tertiary/aromatic N) is 1. The van der Waals surface area contributed by atoms with E-state index in [-0.39, 0.29) is 18.3 Å². The number of hydrogen-bond donors (Lipinski definition) is 0. The van der Waals surface area contributed by atoms with Gasteiger partial charge in [-0.3, -0.25) is 9.69 Å². The average Bonchev–Trinajstić information content (AvgIpc) is 3.16. The van der Waals surface area contributed by atoms with Crippen LogP contribution in [0.25, 0.3) is 6.08 Å². The fraction of sp³-hybridized carbons (Fsp3) is 0.192. The molecule has 178 valence electrons. The molecule has 0 saturated heterocycles. The van der Waals surface area contributed by atoms with Crippen LogP contribution in [0.5, 0.6) is 17.2 Å². The maximum absolute atomic E-state index is 13.2. The Bertz CT molecular complexity index is 1410. The summed E-state index contributed by atoms with van der Waals surface area (Å²) < 4.78 is 24.1. The molecule has 0 N–H and O–H groups in total. The highest BCUT2D eigenvalue weighted by Crippen LogP contribution is 2.43. The lowest BCUT2D eigenvalue weighted by Crippen LogP contribution is -2.31. The van der Waals surface area contributed by atoms with E-state index in [2.05, 4.69) is 20.8 Å². The number of carbonyl (C=O) groups is 1. The Morgan fingerprint density at radius 1 is 1.06 bits per heavy atom. The third-order valence-corrected chi connectivity index (χ3v) is 7.13. The van der Waals surface area contributed by atoms with Gasteiger partial charge in [-0.1, -0.05) is 45.2 Å². The SMILES string of the molecule is O=C1/C(=C/c2cc(Br)cc3c2OCOC3)Oc2c1ccc1c2CN(Cc2ccc(Cl)cc2Cl)CO1. The molecule has 0 aromatic heterocycles. The Morgan fingerprint density at radius 2 is 1.94 bits per heavy atom. The van der Waals surface area contributed by atoms with Crippen LogP contribution in [0.1, 0.15) is 32.6 Å². The standard InChI is InChI=1S/C26H18BrCl2NO5/c27-17-5-15(25-16(6-17)11-32-13-34-25)7-23-24(31)19-3-4-22-20(26(19)35-23)10-30(12-33-22)9-14-1-2-18(28)8-21(14)29/h1-8H,9-13H2/b23-7-. The van der Waals surface area contributed by atoms with Gasteiger partial charge in [-0.2, -0.15) is 0 Å². The van der Waals surface area contributed by atoms with E-state index in [4.69, 9.17) is 42.1 Å². The largest absolute Gasteiger partial charge is 0.478 e. The average molecular weight is 575 g/mol. The monoisotopic (exact) mass is 573 g/mol. The van der Waals surface area contributed by atoms with Crippen molar-refractivity contribution in [2.45, 2.75) is 19.7 Å². The number of Topliss-reactive ketones (excluding diaryl/α,β-unsaturated/α-hetero) is 1. The van der Waals surface area contributed by atoms with Crippen LogP contribution >= 0.6 is 39.1 Å². The first-order valence-electron chi connectivity index (χ1n) is 10.9. The molecule has 3 aromatic rings. The van der Waals surface area contributed by atoms with Crippen LogP contribution in [0.3, 0.4) is 0 Å². The molecule has 0 bridgehead atoms. The van der Waals surface area contributed by atoms with Crippen LogP contribution in [0.4, 0.5) is 0 Å².